The molecule has 3 aliphatic rings. The Kier molecular flexibility index (Phi) is 4.19. The first-order valence-corrected chi connectivity index (χ1v) is 10.4. The summed E-state index contributed by atoms with van der Waals surface area (Å²) in [6.07, 6.45) is 6.18. The van der Waals surface area contributed by atoms with Gasteiger partial charge in [0.25, 0.3) is 0 Å². The Morgan fingerprint density at radius 2 is 1.93 bits per heavy atom. The maximum absolute atomic E-state index is 15.7. The minimum absolute atomic E-state index is 0.0295. The second-order valence-corrected chi connectivity index (χ2v) is 8.97. The van der Waals surface area contributed by atoms with Crippen LogP contribution in [0, 0.1) is 29.4 Å². The summed E-state index contributed by atoms with van der Waals surface area (Å²) in [5, 5.41) is 9.16. The Labute approximate surface area is 166 Å². The van der Waals surface area contributed by atoms with Crippen LogP contribution in [0.3, 0.4) is 0 Å². The van der Waals surface area contributed by atoms with Crippen LogP contribution in [0.25, 0.3) is 10.9 Å². The molecular weight excluding hydrogens is 378 g/mol. The van der Waals surface area contributed by atoms with Crippen molar-refractivity contribution in [1.29, 1.82) is 0 Å². The van der Waals surface area contributed by atoms with Crippen LogP contribution in [0.2, 0.25) is 0 Å². The summed E-state index contributed by atoms with van der Waals surface area (Å²) in [6, 6.07) is 0.984. The minimum Gasteiger partial charge on any atom is -0.477 e. The van der Waals surface area contributed by atoms with Gasteiger partial charge in [-0.25, -0.2) is 13.6 Å². The van der Waals surface area contributed by atoms with E-state index in [9.17, 15) is 14.7 Å². The number of halogens is 2. The molecule has 2 heterocycles. The molecule has 5 nitrogen and oxygen atoms in total. The highest BCUT2D eigenvalue weighted by Crippen LogP contribution is 2.44. The van der Waals surface area contributed by atoms with Crippen LogP contribution in [0.4, 0.5) is 14.5 Å². The maximum atomic E-state index is 15.7. The van der Waals surface area contributed by atoms with Crippen molar-refractivity contribution < 1.29 is 18.7 Å². The summed E-state index contributed by atoms with van der Waals surface area (Å²) in [5.74, 6) is -1.51. The van der Waals surface area contributed by atoms with Gasteiger partial charge in [0, 0.05) is 25.3 Å². The van der Waals surface area contributed by atoms with Crippen molar-refractivity contribution >= 4 is 22.6 Å². The van der Waals surface area contributed by atoms with Crippen molar-refractivity contribution in [3.63, 3.8) is 0 Å². The molecule has 2 aliphatic carbocycles. The summed E-state index contributed by atoms with van der Waals surface area (Å²) < 4.78 is 32.4. The Balaban J connectivity index is 1.68. The van der Waals surface area contributed by atoms with E-state index in [4.69, 9.17) is 0 Å². The first kappa shape index (κ1) is 18.6. The van der Waals surface area contributed by atoms with Gasteiger partial charge in [0.15, 0.2) is 5.82 Å². The van der Waals surface area contributed by atoms with E-state index in [1.807, 2.05) is 0 Å². The van der Waals surface area contributed by atoms with Gasteiger partial charge < -0.3 is 14.6 Å². The lowest BCUT2D eigenvalue weighted by Gasteiger charge is -2.29. The average Bonchev–Trinajstić information content (AvgIpc) is 3.42. The van der Waals surface area contributed by atoms with Crippen LogP contribution in [-0.4, -0.2) is 28.7 Å². The lowest BCUT2D eigenvalue weighted by Crippen LogP contribution is -2.26. The first-order valence-electron chi connectivity index (χ1n) is 10.4. The lowest BCUT2D eigenvalue weighted by molar-refractivity contribution is 0.0695. The maximum Gasteiger partial charge on any atom is 0.341 e. The third-order valence-electron chi connectivity index (χ3n) is 7.13. The molecule has 2 aromatic rings. The van der Waals surface area contributed by atoms with Crippen molar-refractivity contribution in [3.8, 4) is 0 Å². The van der Waals surface area contributed by atoms with E-state index in [1.165, 1.54) is 10.8 Å². The second-order valence-electron chi connectivity index (χ2n) is 8.97. The molecule has 0 bridgehead atoms. The zero-order valence-electron chi connectivity index (χ0n) is 16.3. The van der Waals surface area contributed by atoms with E-state index >= 15 is 8.78 Å². The van der Waals surface area contributed by atoms with E-state index in [1.54, 1.807) is 4.90 Å². The summed E-state index contributed by atoms with van der Waals surface area (Å²) in [5.41, 5.74) is -1.33. The van der Waals surface area contributed by atoms with Crippen molar-refractivity contribution in [3.05, 3.63) is 39.7 Å². The van der Waals surface area contributed by atoms with Gasteiger partial charge in [-0.05, 0) is 43.1 Å². The third-order valence-corrected chi connectivity index (χ3v) is 7.13. The predicted octanol–water partition coefficient (Wildman–Crippen LogP) is 4.19. The molecule has 0 spiro atoms. The summed E-state index contributed by atoms with van der Waals surface area (Å²) in [4.78, 5) is 25.9. The Morgan fingerprint density at radius 3 is 2.59 bits per heavy atom. The molecule has 0 amide bonds. The monoisotopic (exact) mass is 402 g/mol. The van der Waals surface area contributed by atoms with E-state index in [0.717, 1.165) is 38.2 Å². The number of aromatic nitrogens is 1. The van der Waals surface area contributed by atoms with E-state index < -0.39 is 28.6 Å². The molecule has 1 saturated heterocycles. The average molecular weight is 402 g/mol. The van der Waals surface area contributed by atoms with E-state index in [2.05, 4.69) is 6.92 Å². The number of nitrogens with zero attached hydrogens (tertiary/aromatic N) is 2. The quantitative estimate of drug-likeness (QED) is 0.837. The van der Waals surface area contributed by atoms with Crippen molar-refractivity contribution in [1.82, 2.24) is 4.57 Å². The van der Waals surface area contributed by atoms with Gasteiger partial charge in [0.2, 0.25) is 5.43 Å². The standard InChI is InChI=1S/C22H24F2N2O3/c1-11-3-2-4-12-8-25(9-15(11)12)20-17(23)7-14-19(18(20)24)26(13-5-6-13)10-16(21(14)27)22(28)29/h7,10-13,15H,2-6,8-9H2,1H3,(H,28,29)/t11-,12-,15-/m1/s1. The number of fused-ring (bicyclic) bond motifs is 2. The minimum atomic E-state index is -1.38. The fraction of sp³-hybridized carbons (Fsp3) is 0.545. The van der Waals surface area contributed by atoms with Crippen LogP contribution in [0.5, 0.6) is 0 Å². The van der Waals surface area contributed by atoms with Gasteiger partial charge >= 0.3 is 5.97 Å². The number of rotatable bonds is 3. The smallest absolute Gasteiger partial charge is 0.341 e. The molecule has 3 atom stereocenters. The van der Waals surface area contributed by atoms with Crippen molar-refractivity contribution in [2.75, 3.05) is 18.0 Å². The van der Waals surface area contributed by atoms with Crippen LogP contribution >= 0.6 is 0 Å². The molecule has 0 radical (unpaired) electrons. The molecule has 2 saturated carbocycles. The highest BCUT2D eigenvalue weighted by molar-refractivity contribution is 5.94. The van der Waals surface area contributed by atoms with Crippen molar-refractivity contribution in [2.45, 2.75) is 45.1 Å². The molecule has 29 heavy (non-hydrogen) atoms. The van der Waals surface area contributed by atoms with Gasteiger partial charge in [-0.2, -0.15) is 0 Å². The SMILES string of the molecule is C[C@@H]1CCC[C@@H]2CN(c3c(F)cc4c(=O)c(C(=O)O)cn(C5CC5)c4c3F)C[C@@H]21. The molecule has 154 valence electrons. The predicted molar refractivity (Wildman–Crippen MR) is 106 cm³/mol. The molecule has 3 fully saturated rings. The van der Waals surface area contributed by atoms with Gasteiger partial charge in [-0.1, -0.05) is 19.8 Å². The molecule has 1 aromatic heterocycles. The number of pyridine rings is 1. The first-order chi connectivity index (χ1) is 13.9. The van der Waals surface area contributed by atoms with Gasteiger partial charge in [-0.3, -0.25) is 4.79 Å². The molecule has 1 aromatic carbocycles. The van der Waals surface area contributed by atoms with Crippen LogP contribution in [0.1, 0.15) is 55.4 Å². The molecular formula is C22H24F2N2O3. The fourth-order valence-corrected chi connectivity index (χ4v) is 5.46. The lowest BCUT2D eigenvalue weighted by atomic mass is 9.75. The summed E-state index contributed by atoms with van der Waals surface area (Å²) in [7, 11) is 0. The van der Waals surface area contributed by atoms with Crippen molar-refractivity contribution in [2.24, 2.45) is 17.8 Å². The number of carboxylic acid groups (broad SMARTS) is 1. The number of aromatic carboxylic acids is 1. The number of hydrogen-bond acceptors (Lipinski definition) is 3. The fourth-order valence-electron chi connectivity index (χ4n) is 5.46. The van der Waals surface area contributed by atoms with E-state index in [-0.39, 0.29) is 22.6 Å². The normalized spacial score (nSPS) is 26.7. The molecule has 0 unspecified atom stereocenters. The molecule has 7 heteroatoms. The van der Waals surface area contributed by atoms with E-state index in [0.29, 0.717) is 30.8 Å². The zero-order chi connectivity index (χ0) is 20.4. The number of carbonyl (C=O) groups is 1. The highest BCUT2D eigenvalue weighted by Gasteiger charge is 2.40. The molecule has 1 N–H and O–H groups in total. The largest absolute Gasteiger partial charge is 0.477 e. The van der Waals surface area contributed by atoms with Gasteiger partial charge in [0.05, 0.1) is 10.9 Å². The summed E-state index contributed by atoms with van der Waals surface area (Å²) >= 11 is 0. The summed E-state index contributed by atoms with van der Waals surface area (Å²) in [6.45, 7) is 3.45. The van der Waals surface area contributed by atoms with Crippen LogP contribution < -0.4 is 10.3 Å². The molecule has 5 rings (SSSR count). The van der Waals surface area contributed by atoms with Crippen LogP contribution in [-0.2, 0) is 0 Å². The third kappa shape index (κ3) is 2.85. The number of anilines is 1. The topological polar surface area (TPSA) is 62.5 Å². The second kappa shape index (κ2) is 6.54. The molecule has 1 aliphatic heterocycles. The highest BCUT2D eigenvalue weighted by atomic mass is 19.1. The van der Waals surface area contributed by atoms with Gasteiger partial charge in [0.1, 0.15) is 17.1 Å². The Bertz CT molecular complexity index is 1080. The number of benzene rings is 1. The van der Waals surface area contributed by atoms with Crippen LogP contribution in [0.15, 0.2) is 17.1 Å². The number of hydrogen-bond donors (Lipinski definition) is 1. The Hall–Kier alpha value is -2.44. The Morgan fingerprint density at radius 1 is 1.17 bits per heavy atom. The zero-order valence-corrected chi connectivity index (χ0v) is 16.3. The number of carboxylic acids is 1. The van der Waals surface area contributed by atoms with Gasteiger partial charge in [-0.15, -0.1) is 0 Å².